The molecule has 0 atom stereocenters. The molecule has 3 rings (SSSR count). The quantitative estimate of drug-likeness (QED) is 0.671. The fourth-order valence-corrected chi connectivity index (χ4v) is 2.55. The van der Waals surface area contributed by atoms with Gasteiger partial charge in [-0.25, -0.2) is 9.97 Å². The van der Waals surface area contributed by atoms with E-state index in [4.69, 9.17) is 9.47 Å². The van der Waals surface area contributed by atoms with Crippen LogP contribution < -0.4 is 20.1 Å². The van der Waals surface area contributed by atoms with Gasteiger partial charge in [-0.05, 0) is 49.2 Å². The van der Waals surface area contributed by atoms with Crippen molar-refractivity contribution in [2.75, 3.05) is 24.9 Å². The summed E-state index contributed by atoms with van der Waals surface area (Å²) >= 11 is 0. The van der Waals surface area contributed by atoms with Crippen molar-refractivity contribution in [2.24, 2.45) is 0 Å². The van der Waals surface area contributed by atoms with E-state index in [0.29, 0.717) is 28.7 Å². The van der Waals surface area contributed by atoms with Gasteiger partial charge >= 0.3 is 0 Å². The minimum atomic E-state index is -0.332. The molecule has 1 aromatic heterocycles. The molecular weight excluding hydrogens is 356 g/mol. The van der Waals surface area contributed by atoms with E-state index in [1.54, 1.807) is 25.3 Å². The largest absolute Gasteiger partial charge is 0.497 e. The molecule has 7 heteroatoms. The average molecular weight is 378 g/mol. The molecule has 0 bridgehead atoms. The molecule has 0 radical (unpaired) electrons. The summed E-state index contributed by atoms with van der Waals surface area (Å²) in [6.45, 7) is 4.10. The van der Waals surface area contributed by atoms with Crippen molar-refractivity contribution in [3.8, 4) is 11.5 Å². The van der Waals surface area contributed by atoms with Crippen LogP contribution in [0.25, 0.3) is 0 Å². The topological polar surface area (TPSA) is 85.4 Å². The fourth-order valence-electron chi connectivity index (χ4n) is 2.55. The summed E-state index contributed by atoms with van der Waals surface area (Å²) < 4.78 is 10.4. The lowest BCUT2D eigenvalue weighted by molar-refractivity contribution is 0.102. The van der Waals surface area contributed by atoms with Crippen LogP contribution in [0.3, 0.4) is 0 Å². The number of carbonyl (C=O) groups is 1. The van der Waals surface area contributed by atoms with E-state index in [2.05, 4.69) is 27.5 Å². The van der Waals surface area contributed by atoms with Crippen molar-refractivity contribution in [2.45, 2.75) is 13.8 Å². The van der Waals surface area contributed by atoms with Crippen molar-refractivity contribution in [1.82, 2.24) is 9.97 Å². The van der Waals surface area contributed by atoms with Crippen LogP contribution >= 0.6 is 0 Å². The molecule has 1 amide bonds. The predicted molar refractivity (Wildman–Crippen MR) is 109 cm³/mol. The maximum atomic E-state index is 12.5. The molecule has 0 saturated heterocycles. The van der Waals surface area contributed by atoms with Crippen LogP contribution in [0.4, 0.5) is 17.3 Å². The van der Waals surface area contributed by atoms with Crippen LogP contribution in [0, 0.1) is 13.8 Å². The molecule has 0 unspecified atom stereocenters. The Balaban J connectivity index is 1.70. The first-order chi connectivity index (χ1) is 13.5. The summed E-state index contributed by atoms with van der Waals surface area (Å²) in [5.74, 6) is 1.23. The highest BCUT2D eigenvalue weighted by Crippen LogP contribution is 2.29. The third-order valence-corrected chi connectivity index (χ3v) is 4.33. The second kappa shape index (κ2) is 8.39. The van der Waals surface area contributed by atoms with Crippen LogP contribution in [0.15, 0.2) is 48.8 Å². The van der Waals surface area contributed by atoms with Crippen molar-refractivity contribution >= 4 is 23.2 Å². The van der Waals surface area contributed by atoms with Crippen LogP contribution in [-0.2, 0) is 0 Å². The molecule has 0 fully saturated rings. The highest BCUT2D eigenvalue weighted by molar-refractivity contribution is 6.04. The van der Waals surface area contributed by atoms with Crippen LogP contribution in [0.2, 0.25) is 0 Å². The second-order valence-corrected chi connectivity index (χ2v) is 6.24. The normalized spacial score (nSPS) is 10.3. The number of amides is 1. The van der Waals surface area contributed by atoms with Crippen molar-refractivity contribution in [3.05, 3.63) is 65.5 Å². The summed E-state index contributed by atoms with van der Waals surface area (Å²) in [6, 6.07) is 11.2. The van der Waals surface area contributed by atoms with Gasteiger partial charge in [0.1, 0.15) is 11.5 Å². The fraction of sp³-hybridized carbons (Fsp3) is 0.190. The lowest BCUT2D eigenvalue weighted by Gasteiger charge is -2.12. The maximum Gasteiger partial charge on any atom is 0.258 e. The number of hydrogen-bond donors (Lipinski definition) is 2. The molecule has 28 heavy (non-hydrogen) atoms. The zero-order valence-electron chi connectivity index (χ0n) is 16.2. The van der Waals surface area contributed by atoms with Gasteiger partial charge in [0.25, 0.3) is 5.91 Å². The summed E-state index contributed by atoms with van der Waals surface area (Å²) in [5, 5.41) is 5.92. The van der Waals surface area contributed by atoms with E-state index in [9.17, 15) is 4.79 Å². The number of ether oxygens (including phenoxy) is 2. The highest BCUT2D eigenvalue weighted by atomic mass is 16.5. The minimum absolute atomic E-state index is 0.332. The monoisotopic (exact) mass is 378 g/mol. The standard InChI is InChI=1S/C21H22N4O3/c1-13-5-6-16(9-14(13)2)24-21-22-11-15(12-23-21)20(26)25-18-8-7-17(27-3)10-19(18)28-4/h5-12H,1-4H3,(H,25,26)(H,22,23,24). The number of aryl methyl sites for hydroxylation is 2. The van der Waals surface area contributed by atoms with E-state index in [0.717, 1.165) is 5.69 Å². The number of hydrogen-bond acceptors (Lipinski definition) is 6. The molecule has 0 aliphatic carbocycles. The van der Waals surface area contributed by atoms with Gasteiger partial charge in [-0.1, -0.05) is 6.07 Å². The molecule has 0 spiro atoms. The number of nitrogens with one attached hydrogen (secondary N) is 2. The van der Waals surface area contributed by atoms with Gasteiger partial charge in [0.05, 0.1) is 25.5 Å². The lowest BCUT2D eigenvalue weighted by Crippen LogP contribution is -2.13. The third-order valence-electron chi connectivity index (χ3n) is 4.33. The van der Waals surface area contributed by atoms with Crippen LogP contribution in [0.1, 0.15) is 21.5 Å². The number of anilines is 3. The Morgan fingerprint density at radius 3 is 2.32 bits per heavy atom. The summed E-state index contributed by atoms with van der Waals surface area (Å²) in [5.41, 5.74) is 4.15. The van der Waals surface area contributed by atoms with Crippen molar-refractivity contribution in [3.63, 3.8) is 0 Å². The number of aromatic nitrogens is 2. The van der Waals surface area contributed by atoms with Gasteiger partial charge in [-0.3, -0.25) is 4.79 Å². The number of carbonyl (C=O) groups excluding carboxylic acids is 1. The van der Waals surface area contributed by atoms with E-state index < -0.39 is 0 Å². The predicted octanol–water partition coefficient (Wildman–Crippen LogP) is 4.11. The molecule has 2 aromatic carbocycles. The van der Waals surface area contributed by atoms with E-state index in [-0.39, 0.29) is 5.91 Å². The SMILES string of the molecule is COc1ccc(NC(=O)c2cnc(Nc3ccc(C)c(C)c3)nc2)c(OC)c1. The number of methoxy groups -OCH3 is 2. The number of rotatable bonds is 6. The van der Waals surface area contributed by atoms with Crippen LogP contribution in [0.5, 0.6) is 11.5 Å². The number of benzene rings is 2. The first kappa shape index (κ1) is 19.2. The average Bonchev–Trinajstić information content (AvgIpc) is 2.71. The Morgan fingerprint density at radius 2 is 1.68 bits per heavy atom. The Bertz CT molecular complexity index is 987. The van der Waals surface area contributed by atoms with Gasteiger partial charge in [0.15, 0.2) is 0 Å². The van der Waals surface area contributed by atoms with E-state index >= 15 is 0 Å². The lowest BCUT2D eigenvalue weighted by atomic mass is 10.1. The Labute approximate surface area is 163 Å². The highest BCUT2D eigenvalue weighted by Gasteiger charge is 2.12. The van der Waals surface area contributed by atoms with Gasteiger partial charge in [0, 0.05) is 24.1 Å². The van der Waals surface area contributed by atoms with Gasteiger partial charge < -0.3 is 20.1 Å². The Kier molecular flexibility index (Phi) is 5.74. The summed E-state index contributed by atoms with van der Waals surface area (Å²) in [6.07, 6.45) is 2.95. The molecule has 0 aliphatic heterocycles. The zero-order chi connectivity index (χ0) is 20.1. The molecule has 1 heterocycles. The Morgan fingerprint density at radius 1 is 0.929 bits per heavy atom. The summed E-state index contributed by atoms with van der Waals surface area (Å²) in [7, 11) is 3.10. The molecule has 2 N–H and O–H groups in total. The van der Waals surface area contributed by atoms with Gasteiger partial charge in [0.2, 0.25) is 5.95 Å². The smallest absolute Gasteiger partial charge is 0.258 e. The Hall–Kier alpha value is -3.61. The zero-order valence-corrected chi connectivity index (χ0v) is 16.2. The molecule has 3 aromatic rings. The molecule has 0 aliphatic rings. The second-order valence-electron chi connectivity index (χ2n) is 6.24. The van der Waals surface area contributed by atoms with Crippen molar-refractivity contribution in [1.29, 1.82) is 0 Å². The molecule has 7 nitrogen and oxygen atoms in total. The number of nitrogens with zero attached hydrogens (tertiary/aromatic N) is 2. The van der Waals surface area contributed by atoms with E-state index in [1.165, 1.54) is 30.6 Å². The van der Waals surface area contributed by atoms with Crippen molar-refractivity contribution < 1.29 is 14.3 Å². The molecule has 0 saturated carbocycles. The van der Waals surface area contributed by atoms with Gasteiger partial charge in [-0.15, -0.1) is 0 Å². The summed E-state index contributed by atoms with van der Waals surface area (Å²) in [4.78, 5) is 20.9. The molecule has 144 valence electrons. The maximum absolute atomic E-state index is 12.5. The molecular formula is C21H22N4O3. The first-order valence-electron chi connectivity index (χ1n) is 8.70. The van der Waals surface area contributed by atoms with E-state index in [1.807, 2.05) is 25.1 Å². The minimum Gasteiger partial charge on any atom is -0.497 e. The van der Waals surface area contributed by atoms with Crippen LogP contribution in [-0.4, -0.2) is 30.1 Å². The van der Waals surface area contributed by atoms with Gasteiger partial charge in [-0.2, -0.15) is 0 Å². The first-order valence-corrected chi connectivity index (χ1v) is 8.70. The third kappa shape index (κ3) is 4.37.